The Hall–Kier alpha value is -5.35. The fourth-order valence-corrected chi connectivity index (χ4v) is 7.03. The number of benzene rings is 6. The van der Waals surface area contributed by atoms with Crippen molar-refractivity contribution in [3.8, 4) is 16.9 Å². The van der Waals surface area contributed by atoms with E-state index in [2.05, 4.69) is 102 Å². The second kappa shape index (κ2) is 10.4. The summed E-state index contributed by atoms with van der Waals surface area (Å²) in [6.07, 6.45) is 5.98. The number of carbonyl (C=O) groups excluding carboxylic acids is 1. The molecule has 1 amide bonds. The van der Waals surface area contributed by atoms with E-state index in [0.29, 0.717) is 12.3 Å². The van der Waals surface area contributed by atoms with Gasteiger partial charge in [-0.2, -0.15) is 0 Å². The number of aryl methyl sites for hydroxylation is 1. The summed E-state index contributed by atoms with van der Waals surface area (Å²) in [5.41, 5.74) is 8.32. The average Bonchev–Trinajstić information content (AvgIpc) is 3.08. The monoisotopic (exact) mass is 573 g/mol. The highest BCUT2D eigenvalue weighted by Gasteiger charge is 2.39. The first-order valence-corrected chi connectivity index (χ1v) is 15.2. The van der Waals surface area contributed by atoms with Crippen molar-refractivity contribution < 1.29 is 14.3 Å². The highest BCUT2D eigenvalue weighted by atomic mass is 16.5. The topological polar surface area (TPSA) is 47.6 Å². The Labute approximate surface area is 256 Å². The summed E-state index contributed by atoms with van der Waals surface area (Å²) in [6, 6.07) is 40.2. The lowest BCUT2D eigenvalue weighted by atomic mass is 9.77. The number of carbonyl (C=O) groups is 1. The highest BCUT2D eigenvalue weighted by Crippen LogP contribution is 2.52. The largest absolute Gasteiger partial charge is 0.472 e. The van der Waals surface area contributed by atoms with Gasteiger partial charge < -0.3 is 9.47 Å². The molecule has 4 nitrogen and oxygen atoms in total. The van der Waals surface area contributed by atoms with Crippen LogP contribution in [-0.4, -0.2) is 12.7 Å². The van der Waals surface area contributed by atoms with Crippen LogP contribution in [0.25, 0.3) is 38.7 Å². The van der Waals surface area contributed by atoms with Crippen LogP contribution < -0.4 is 10.1 Å². The number of hydrogen-bond acceptors (Lipinski definition) is 3. The standard InChI is InChI=1S/C40H31NO3/c1-2-43-39(42)41-30-20-18-29(19-21-30)40(28-12-4-3-5-13-28)25-24-34-33-22-16-26-10-6-8-14-31(26)36(33)35-23-17-27-11-7-9-15-32(27)37(35)38(34)44-40/h3-15,17-21,23-25H,2,16,22H2,1H3,(H,41,42). The number of amides is 1. The summed E-state index contributed by atoms with van der Waals surface area (Å²) in [4.78, 5) is 12.1. The fourth-order valence-electron chi connectivity index (χ4n) is 7.03. The zero-order valence-electron chi connectivity index (χ0n) is 24.5. The number of anilines is 1. The van der Waals surface area contributed by atoms with Crippen molar-refractivity contribution in [2.24, 2.45) is 0 Å². The number of nitrogens with one attached hydrogen (secondary N) is 1. The third kappa shape index (κ3) is 4.10. The summed E-state index contributed by atoms with van der Waals surface area (Å²) in [5, 5.41) is 7.53. The fraction of sp³-hybridized carbons (Fsp3) is 0.125. The molecule has 1 aliphatic carbocycles. The number of fused-ring (bicyclic) bond motifs is 10. The lowest BCUT2D eigenvalue weighted by Gasteiger charge is -2.38. The minimum atomic E-state index is -0.874. The average molecular weight is 574 g/mol. The van der Waals surface area contributed by atoms with E-state index in [4.69, 9.17) is 9.47 Å². The third-order valence-electron chi connectivity index (χ3n) is 9.01. The Morgan fingerprint density at radius 1 is 0.795 bits per heavy atom. The quantitative estimate of drug-likeness (QED) is 0.214. The Kier molecular flexibility index (Phi) is 6.23. The lowest BCUT2D eigenvalue weighted by Crippen LogP contribution is -2.34. The van der Waals surface area contributed by atoms with E-state index in [1.165, 1.54) is 38.4 Å². The Bertz CT molecular complexity index is 2100. The SMILES string of the molecule is CCOC(=O)Nc1ccc(C2(c3ccccc3)C=Cc3c4c(c5ccc6ccccc6c5c3O2)-c2ccccc2CC4)cc1. The minimum Gasteiger partial charge on any atom is -0.472 e. The molecule has 1 heterocycles. The maximum Gasteiger partial charge on any atom is 0.411 e. The van der Waals surface area contributed by atoms with Crippen LogP contribution in [0.4, 0.5) is 10.5 Å². The van der Waals surface area contributed by atoms with Crippen LogP contribution in [0, 0.1) is 0 Å². The van der Waals surface area contributed by atoms with E-state index < -0.39 is 11.7 Å². The van der Waals surface area contributed by atoms with Gasteiger partial charge >= 0.3 is 6.09 Å². The molecule has 8 rings (SSSR count). The van der Waals surface area contributed by atoms with Crippen molar-refractivity contribution in [3.05, 3.63) is 149 Å². The van der Waals surface area contributed by atoms with Gasteiger partial charge in [-0.15, -0.1) is 0 Å². The van der Waals surface area contributed by atoms with Crippen molar-refractivity contribution in [2.45, 2.75) is 25.4 Å². The second-order valence-electron chi connectivity index (χ2n) is 11.4. The molecule has 44 heavy (non-hydrogen) atoms. The van der Waals surface area contributed by atoms with Crippen molar-refractivity contribution >= 4 is 39.4 Å². The normalized spacial score (nSPS) is 16.5. The molecule has 0 spiro atoms. The third-order valence-corrected chi connectivity index (χ3v) is 9.01. The Morgan fingerprint density at radius 2 is 1.55 bits per heavy atom. The lowest BCUT2D eigenvalue weighted by molar-refractivity contribution is 0.163. The van der Waals surface area contributed by atoms with Crippen LogP contribution in [0.3, 0.4) is 0 Å². The molecular weight excluding hydrogens is 542 g/mol. The number of rotatable bonds is 4. The Morgan fingerprint density at radius 3 is 2.39 bits per heavy atom. The van der Waals surface area contributed by atoms with Crippen LogP contribution >= 0.6 is 0 Å². The zero-order valence-corrected chi connectivity index (χ0v) is 24.5. The van der Waals surface area contributed by atoms with E-state index in [1.807, 2.05) is 30.3 Å². The molecule has 1 N–H and O–H groups in total. The molecule has 0 saturated carbocycles. The summed E-state index contributed by atoms with van der Waals surface area (Å²) in [6.45, 7) is 2.11. The van der Waals surface area contributed by atoms with Gasteiger partial charge in [0.15, 0.2) is 5.60 Å². The van der Waals surface area contributed by atoms with Crippen molar-refractivity contribution in [1.82, 2.24) is 0 Å². The predicted octanol–water partition coefficient (Wildman–Crippen LogP) is 9.68. The van der Waals surface area contributed by atoms with Gasteiger partial charge in [-0.3, -0.25) is 5.32 Å². The second-order valence-corrected chi connectivity index (χ2v) is 11.4. The van der Waals surface area contributed by atoms with Crippen LogP contribution in [0.1, 0.15) is 34.7 Å². The maximum atomic E-state index is 12.1. The molecule has 4 heteroatoms. The first-order valence-electron chi connectivity index (χ1n) is 15.2. The summed E-state index contributed by atoms with van der Waals surface area (Å²) in [7, 11) is 0. The van der Waals surface area contributed by atoms with Crippen LogP contribution in [0.2, 0.25) is 0 Å². The van der Waals surface area contributed by atoms with Crippen LogP contribution in [0.15, 0.2) is 121 Å². The van der Waals surface area contributed by atoms with Crippen molar-refractivity contribution in [2.75, 3.05) is 11.9 Å². The molecule has 0 radical (unpaired) electrons. The van der Waals surface area contributed by atoms with Crippen molar-refractivity contribution in [1.29, 1.82) is 0 Å². The molecule has 0 saturated heterocycles. The van der Waals surface area contributed by atoms with Gasteiger partial charge in [0.2, 0.25) is 0 Å². The van der Waals surface area contributed by atoms with Gasteiger partial charge in [-0.25, -0.2) is 4.79 Å². The number of hydrogen-bond donors (Lipinski definition) is 1. The van der Waals surface area contributed by atoms with Crippen molar-refractivity contribution in [3.63, 3.8) is 0 Å². The van der Waals surface area contributed by atoms with E-state index in [9.17, 15) is 4.79 Å². The molecule has 6 aromatic rings. The smallest absolute Gasteiger partial charge is 0.411 e. The first kappa shape index (κ1) is 26.3. The molecule has 0 bridgehead atoms. The van der Waals surface area contributed by atoms with E-state index >= 15 is 0 Å². The molecule has 214 valence electrons. The summed E-state index contributed by atoms with van der Waals surface area (Å²) >= 11 is 0. The zero-order chi connectivity index (χ0) is 29.7. The first-order chi connectivity index (χ1) is 21.7. The molecule has 1 unspecified atom stereocenters. The summed E-state index contributed by atoms with van der Waals surface area (Å²) < 4.78 is 12.5. The molecular formula is C40H31NO3. The van der Waals surface area contributed by atoms with E-state index in [-0.39, 0.29) is 0 Å². The molecule has 0 fully saturated rings. The van der Waals surface area contributed by atoms with Gasteiger partial charge in [0, 0.05) is 27.8 Å². The molecule has 1 aliphatic heterocycles. The minimum absolute atomic E-state index is 0.316. The van der Waals surface area contributed by atoms with E-state index in [1.54, 1.807) is 6.92 Å². The number of ether oxygens (including phenoxy) is 2. The van der Waals surface area contributed by atoms with Gasteiger partial charge in [-0.1, -0.05) is 109 Å². The molecule has 1 atom stereocenters. The van der Waals surface area contributed by atoms with E-state index in [0.717, 1.165) is 40.7 Å². The maximum absolute atomic E-state index is 12.1. The Balaban J connectivity index is 1.38. The molecule has 2 aliphatic rings. The highest BCUT2D eigenvalue weighted by molar-refractivity contribution is 6.17. The van der Waals surface area contributed by atoms with Gasteiger partial charge in [0.05, 0.1) is 6.61 Å². The van der Waals surface area contributed by atoms with Crippen LogP contribution in [-0.2, 0) is 23.2 Å². The predicted molar refractivity (Wildman–Crippen MR) is 178 cm³/mol. The van der Waals surface area contributed by atoms with Gasteiger partial charge in [0.1, 0.15) is 5.75 Å². The summed E-state index contributed by atoms with van der Waals surface area (Å²) in [5.74, 6) is 0.912. The molecule has 6 aromatic carbocycles. The van der Waals surface area contributed by atoms with Gasteiger partial charge in [-0.05, 0) is 76.4 Å². The van der Waals surface area contributed by atoms with Crippen LogP contribution in [0.5, 0.6) is 5.75 Å². The molecule has 0 aromatic heterocycles. The van der Waals surface area contributed by atoms with Gasteiger partial charge in [0.25, 0.3) is 0 Å².